The van der Waals surface area contributed by atoms with E-state index in [9.17, 15) is 4.79 Å². The fourth-order valence-electron chi connectivity index (χ4n) is 3.00. The van der Waals surface area contributed by atoms with Crippen molar-refractivity contribution in [1.29, 1.82) is 0 Å². The zero-order valence-electron chi connectivity index (χ0n) is 15.4. The van der Waals surface area contributed by atoms with Crippen molar-refractivity contribution in [2.45, 2.75) is 24.4 Å². The van der Waals surface area contributed by atoms with Crippen LogP contribution in [-0.2, 0) is 12.3 Å². The van der Waals surface area contributed by atoms with E-state index in [2.05, 4.69) is 31.2 Å². The van der Waals surface area contributed by atoms with Crippen molar-refractivity contribution >= 4 is 34.3 Å². The minimum Gasteiger partial charge on any atom is -0.283 e. The van der Waals surface area contributed by atoms with E-state index < -0.39 is 0 Å². The molecule has 0 unspecified atom stereocenters. The molecule has 0 saturated heterocycles. The highest BCUT2D eigenvalue weighted by atomic mass is 35.5. The first kappa shape index (κ1) is 18.8. The first-order valence-electron chi connectivity index (χ1n) is 9.02. The Morgan fingerprint density at radius 1 is 0.929 bits per heavy atom. The first-order chi connectivity index (χ1) is 13.6. The molecule has 0 N–H and O–H groups in total. The minimum absolute atomic E-state index is 0.0213. The highest BCUT2D eigenvalue weighted by Gasteiger charge is 2.12. The lowest BCUT2D eigenvalue weighted by Crippen LogP contribution is -2.24. The lowest BCUT2D eigenvalue weighted by molar-refractivity contribution is 0.658. The van der Waals surface area contributed by atoms with Crippen molar-refractivity contribution in [3.05, 3.63) is 105 Å². The van der Waals surface area contributed by atoms with Crippen molar-refractivity contribution in [2.75, 3.05) is 0 Å². The van der Waals surface area contributed by atoms with Gasteiger partial charge in [0.05, 0.1) is 17.4 Å². The minimum atomic E-state index is -0.0213. The molecule has 1 aromatic heterocycles. The molecular formula is C23H19ClN2OS. The molecule has 0 aliphatic carbocycles. The molecule has 0 amide bonds. The number of fused-ring (bicyclic) bond motifs is 1. The predicted molar refractivity (Wildman–Crippen MR) is 117 cm³/mol. The Morgan fingerprint density at radius 3 is 2.36 bits per heavy atom. The van der Waals surface area contributed by atoms with Crippen LogP contribution in [0.2, 0.25) is 5.02 Å². The smallest absolute Gasteiger partial charge is 0.262 e. The summed E-state index contributed by atoms with van der Waals surface area (Å²) in [6.45, 7) is 2.54. The van der Waals surface area contributed by atoms with Crippen molar-refractivity contribution < 1.29 is 0 Å². The third-order valence-electron chi connectivity index (χ3n) is 4.57. The van der Waals surface area contributed by atoms with Crippen LogP contribution in [0.3, 0.4) is 0 Å². The van der Waals surface area contributed by atoms with E-state index in [1.54, 1.807) is 16.3 Å². The van der Waals surface area contributed by atoms with Gasteiger partial charge in [-0.15, -0.1) is 0 Å². The SMILES string of the molecule is Cc1ccc(CSc2nc3ccccc3c(=O)n2Cc2ccc(Cl)cc2)cc1. The number of nitrogens with zero attached hydrogens (tertiary/aromatic N) is 2. The molecule has 0 atom stereocenters. The fourth-order valence-corrected chi connectivity index (χ4v) is 4.08. The summed E-state index contributed by atoms with van der Waals surface area (Å²) in [5, 5.41) is 2.04. The summed E-state index contributed by atoms with van der Waals surface area (Å²) >= 11 is 7.58. The van der Waals surface area contributed by atoms with Crippen LogP contribution in [-0.4, -0.2) is 9.55 Å². The maximum absolute atomic E-state index is 13.2. The van der Waals surface area contributed by atoms with E-state index in [4.69, 9.17) is 16.6 Å². The number of aromatic nitrogens is 2. The second-order valence-corrected chi connectivity index (χ2v) is 8.08. The lowest BCUT2D eigenvalue weighted by atomic mass is 10.2. The topological polar surface area (TPSA) is 34.9 Å². The number of benzene rings is 3. The summed E-state index contributed by atoms with van der Waals surface area (Å²) in [6.07, 6.45) is 0. The van der Waals surface area contributed by atoms with E-state index in [1.165, 1.54) is 11.1 Å². The number of halogens is 1. The number of rotatable bonds is 5. The molecule has 0 spiro atoms. The molecule has 3 nitrogen and oxygen atoms in total. The average Bonchev–Trinajstić information content (AvgIpc) is 2.71. The molecule has 4 aromatic rings. The van der Waals surface area contributed by atoms with Crippen LogP contribution in [0.15, 0.2) is 82.7 Å². The maximum atomic E-state index is 13.2. The van der Waals surface area contributed by atoms with Crippen LogP contribution in [0.1, 0.15) is 16.7 Å². The monoisotopic (exact) mass is 406 g/mol. The lowest BCUT2D eigenvalue weighted by Gasteiger charge is -2.13. The average molecular weight is 407 g/mol. The molecule has 0 fully saturated rings. The molecule has 28 heavy (non-hydrogen) atoms. The molecule has 4 rings (SSSR count). The molecule has 5 heteroatoms. The van der Waals surface area contributed by atoms with Gasteiger partial charge in [0.2, 0.25) is 0 Å². The Bertz CT molecular complexity index is 1170. The number of hydrogen-bond donors (Lipinski definition) is 0. The fraction of sp³-hybridized carbons (Fsp3) is 0.130. The first-order valence-corrected chi connectivity index (χ1v) is 10.4. The molecule has 1 heterocycles. The highest BCUT2D eigenvalue weighted by Crippen LogP contribution is 2.23. The maximum Gasteiger partial charge on any atom is 0.262 e. The second-order valence-electron chi connectivity index (χ2n) is 6.70. The number of hydrogen-bond acceptors (Lipinski definition) is 3. The van der Waals surface area contributed by atoms with Gasteiger partial charge in [0, 0.05) is 10.8 Å². The summed E-state index contributed by atoms with van der Waals surface area (Å²) < 4.78 is 1.75. The summed E-state index contributed by atoms with van der Waals surface area (Å²) in [5.74, 6) is 0.756. The quantitative estimate of drug-likeness (QED) is 0.315. The third-order valence-corrected chi connectivity index (χ3v) is 5.87. The zero-order valence-corrected chi connectivity index (χ0v) is 17.0. The molecule has 0 saturated carbocycles. The van der Waals surface area contributed by atoms with E-state index in [1.807, 2.05) is 48.5 Å². The van der Waals surface area contributed by atoms with Crippen LogP contribution in [0, 0.1) is 6.92 Å². The van der Waals surface area contributed by atoms with E-state index >= 15 is 0 Å². The van der Waals surface area contributed by atoms with Crippen LogP contribution in [0.4, 0.5) is 0 Å². The van der Waals surface area contributed by atoms with Gasteiger partial charge in [-0.25, -0.2) is 4.98 Å². The summed E-state index contributed by atoms with van der Waals surface area (Å²) in [5.41, 5.74) is 4.16. The van der Waals surface area contributed by atoms with Gasteiger partial charge in [-0.2, -0.15) is 0 Å². The second kappa shape index (κ2) is 8.21. The Hall–Kier alpha value is -2.56. The van der Waals surface area contributed by atoms with Crippen molar-refractivity contribution in [1.82, 2.24) is 9.55 Å². The van der Waals surface area contributed by atoms with Gasteiger partial charge < -0.3 is 0 Å². The van der Waals surface area contributed by atoms with Gasteiger partial charge in [-0.05, 0) is 42.3 Å². The molecule has 0 aliphatic heterocycles. The van der Waals surface area contributed by atoms with Crippen molar-refractivity contribution in [2.24, 2.45) is 0 Å². The van der Waals surface area contributed by atoms with Gasteiger partial charge in [0.15, 0.2) is 5.16 Å². The van der Waals surface area contributed by atoms with Gasteiger partial charge in [0.1, 0.15) is 0 Å². The Kier molecular flexibility index (Phi) is 5.51. The summed E-state index contributed by atoms with van der Waals surface area (Å²) in [7, 11) is 0. The standard InChI is InChI=1S/C23H19ClN2OS/c1-16-6-8-18(9-7-16)15-28-23-25-21-5-3-2-4-20(21)22(27)26(23)14-17-10-12-19(24)13-11-17/h2-13H,14-15H2,1H3. The van der Waals surface area contributed by atoms with Crippen LogP contribution in [0.25, 0.3) is 10.9 Å². The Morgan fingerprint density at radius 2 is 1.61 bits per heavy atom. The number of aryl methyl sites for hydroxylation is 1. The highest BCUT2D eigenvalue weighted by molar-refractivity contribution is 7.98. The van der Waals surface area contributed by atoms with Gasteiger partial charge in [-0.3, -0.25) is 9.36 Å². The predicted octanol–water partition coefficient (Wildman–Crippen LogP) is 5.70. The molecule has 0 aliphatic rings. The summed E-state index contributed by atoms with van der Waals surface area (Å²) in [4.78, 5) is 17.9. The Labute approximate surface area is 173 Å². The normalized spacial score (nSPS) is 11.1. The molecule has 3 aromatic carbocycles. The number of thioether (sulfide) groups is 1. The molecule has 0 radical (unpaired) electrons. The van der Waals surface area contributed by atoms with E-state index in [0.717, 1.165) is 22.0 Å². The zero-order chi connectivity index (χ0) is 19.5. The van der Waals surface area contributed by atoms with Crippen LogP contribution in [0.5, 0.6) is 0 Å². The van der Waals surface area contributed by atoms with Crippen LogP contribution < -0.4 is 5.56 Å². The van der Waals surface area contributed by atoms with Gasteiger partial charge in [-0.1, -0.05) is 77.5 Å². The molecule has 140 valence electrons. The van der Waals surface area contributed by atoms with Crippen molar-refractivity contribution in [3.8, 4) is 0 Å². The van der Waals surface area contributed by atoms with Crippen LogP contribution >= 0.6 is 23.4 Å². The molecular weight excluding hydrogens is 388 g/mol. The van der Waals surface area contributed by atoms with Gasteiger partial charge >= 0.3 is 0 Å². The Balaban J connectivity index is 1.73. The van der Waals surface area contributed by atoms with E-state index in [-0.39, 0.29) is 5.56 Å². The third kappa shape index (κ3) is 4.13. The summed E-state index contributed by atoms with van der Waals surface area (Å²) in [6, 6.07) is 23.5. The molecule has 0 bridgehead atoms. The van der Waals surface area contributed by atoms with Crippen molar-refractivity contribution in [3.63, 3.8) is 0 Å². The largest absolute Gasteiger partial charge is 0.283 e. The van der Waals surface area contributed by atoms with Gasteiger partial charge in [0.25, 0.3) is 5.56 Å². The van der Waals surface area contributed by atoms with E-state index in [0.29, 0.717) is 17.0 Å². The number of para-hydroxylation sites is 1.